The molecule has 2 heterocycles. The van der Waals surface area contributed by atoms with E-state index in [-0.39, 0.29) is 17.2 Å². The highest BCUT2D eigenvalue weighted by atomic mass is 16.2. The van der Waals surface area contributed by atoms with Gasteiger partial charge in [-0.2, -0.15) is 5.10 Å². The van der Waals surface area contributed by atoms with Crippen molar-refractivity contribution in [3.05, 3.63) is 63.6 Å². The monoisotopic (exact) mass is 396 g/mol. The van der Waals surface area contributed by atoms with Gasteiger partial charge in [-0.3, -0.25) is 14.5 Å². The molecule has 1 saturated heterocycles. The van der Waals surface area contributed by atoms with Crippen molar-refractivity contribution in [2.45, 2.75) is 53.2 Å². The Labute approximate surface area is 172 Å². The van der Waals surface area contributed by atoms with Gasteiger partial charge in [-0.05, 0) is 41.9 Å². The second-order valence-corrected chi connectivity index (χ2v) is 8.37. The van der Waals surface area contributed by atoms with Gasteiger partial charge < -0.3 is 5.32 Å². The second kappa shape index (κ2) is 9.83. The summed E-state index contributed by atoms with van der Waals surface area (Å²) in [5.74, 6) is 1.18. The topological polar surface area (TPSA) is 67.2 Å². The van der Waals surface area contributed by atoms with Crippen LogP contribution in [-0.4, -0.2) is 33.7 Å². The zero-order valence-corrected chi connectivity index (χ0v) is 17.7. The summed E-state index contributed by atoms with van der Waals surface area (Å²) >= 11 is 0. The van der Waals surface area contributed by atoms with Crippen molar-refractivity contribution >= 4 is 5.91 Å². The van der Waals surface area contributed by atoms with Crippen molar-refractivity contribution in [3.63, 3.8) is 0 Å². The minimum atomic E-state index is -0.259. The molecule has 1 aliphatic heterocycles. The quantitative estimate of drug-likeness (QED) is 0.781. The first kappa shape index (κ1) is 21.2. The summed E-state index contributed by atoms with van der Waals surface area (Å²) in [5, 5.41) is 7.15. The number of carbonyl (C=O) groups is 1. The average Bonchev–Trinajstić information content (AvgIpc) is 2.68. The van der Waals surface area contributed by atoms with E-state index in [0.29, 0.717) is 13.1 Å². The molecular formula is C23H32N4O2. The predicted molar refractivity (Wildman–Crippen MR) is 115 cm³/mol. The molecule has 3 rings (SSSR count). The summed E-state index contributed by atoms with van der Waals surface area (Å²) in [4.78, 5) is 26.9. The van der Waals surface area contributed by atoms with Crippen LogP contribution in [0.25, 0.3) is 0 Å². The van der Waals surface area contributed by atoms with E-state index in [2.05, 4.69) is 47.4 Å². The Morgan fingerprint density at radius 3 is 2.48 bits per heavy atom. The van der Waals surface area contributed by atoms with Crippen LogP contribution in [0, 0.1) is 11.8 Å². The van der Waals surface area contributed by atoms with E-state index in [9.17, 15) is 9.59 Å². The van der Waals surface area contributed by atoms with E-state index in [1.807, 2.05) is 13.0 Å². The van der Waals surface area contributed by atoms with Gasteiger partial charge in [0.1, 0.15) is 5.69 Å². The van der Waals surface area contributed by atoms with E-state index in [0.717, 1.165) is 43.5 Å². The van der Waals surface area contributed by atoms with Gasteiger partial charge in [0.05, 0.1) is 0 Å². The number of benzene rings is 1. The lowest BCUT2D eigenvalue weighted by Crippen LogP contribution is -2.38. The molecule has 1 aromatic heterocycles. The van der Waals surface area contributed by atoms with Gasteiger partial charge in [-0.15, -0.1) is 0 Å². The number of aromatic nitrogens is 2. The molecule has 1 fully saturated rings. The van der Waals surface area contributed by atoms with E-state index < -0.39 is 0 Å². The number of nitrogens with zero attached hydrogens (tertiary/aromatic N) is 3. The van der Waals surface area contributed by atoms with Crippen molar-refractivity contribution in [3.8, 4) is 0 Å². The van der Waals surface area contributed by atoms with Gasteiger partial charge in [0.25, 0.3) is 11.5 Å². The maximum absolute atomic E-state index is 12.6. The Morgan fingerprint density at radius 1 is 1.10 bits per heavy atom. The lowest BCUT2D eigenvalue weighted by molar-refractivity contribution is 0.0943. The highest BCUT2D eigenvalue weighted by molar-refractivity contribution is 5.91. The van der Waals surface area contributed by atoms with Crippen molar-refractivity contribution in [1.29, 1.82) is 0 Å². The average molecular weight is 397 g/mol. The summed E-state index contributed by atoms with van der Waals surface area (Å²) in [6, 6.07) is 11.2. The molecule has 1 aliphatic rings. The van der Waals surface area contributed by atoms with Crippen LogP contribution in [0.3, 0.4) is 0 Å². The molecule has 2 atom stereocenters. The zero-order valence-electron chi connectivity index (χ0n) is 17.7. The van der Waals surface area contributed by atoms with Gasteiger partial charge in [0, 0.05) is 38.8 Å². The van der Waals surface area contributed by atoms with Crippen LogP contribution < -0.4 is 10.9 Å². The third kappa shape index (κ3) is 5.76. The van der Waals surface area contributed by atoms with Crippen LogP contribution in [0.2, 0.25) is 0 Å². The molecule has 2 aromatic rings. The van der Waals surface area contributed by atoms with Gasteiger partial charge >= 0.3 is 0 Å². The molecule has 0 spiro atoms. The lowest BCUT2D eigenvalue weighted by atomic mass is 9.91. The fourth-order valence-electron chi connectivity index (χ4n) is 4.25. The van der Waals surface area contributed by atoms with Crippen molar-refractivity contribution in [1.82, 2.24) is 20.0 Å². The van der Waals surface area contributed by atoms with Crippen LogP contribution in [0.15, 0.2) is 41.2 Å². The molecular weight excluding hydrogens is 364 g/mol. The van der Waals surface area contributed by atoms with Crippen LogP contribution in [-0.2, 0) is 19.6 Å². The Morgan fingerprint density at radius 2 is 1.79 bits per heavy atom. The molecule has 0 unspecified atom stereocenters. The fourth-order valence-corrected chi connectivity index (χ4v) is 4.25. The Bertz CT molecular complexity index is 882. The Hall–Kier alpha value is -2.47. The first-order chi connectivity index (χ1) is 14.0. The summed E-state index contributed by atoms with van der Waals surface area (Å²) < 4.78 is 1.35. The number of nitrogens with one attached hydrogen (secondary N) is 1. The number of piperidine rings is 1. The van der Waals surface area contributed by atoms with E-state index in [4.69, 9.17) is 0 Å². The van der Waals surface area contributed by atoms with E-state index in [1.54, 1.807) is 0 Å². The Balaban J connectivity index is 1.66. The van der Waals surface area contributed by atoms with Crippen molar-refractivity contribution in [2.75, 3.05) is 13.1 Å². The summed E-state index contributed by atoms with van der Waals surface area (Å²) in [6.45, 7) is 10.7. The van der Waals surface area contributed by atoms with Gasteiger partial charge in [-0.25, -0.2) is 4.68 Å². The minimum absolute atomic E-state index is 0.182. The number of carbonyl (C=O) groups excluding carboxylic acids is 1. The number of hydrogen-bond acceptors (Lipinski definition) is 4. The van der Waals surface area contributed by atoms with Gasteiger partial charge in [0.15, 0.2) is 0 Å². The first-order valence-electron chi connectivity index (χ1n) is 10.6. The third-order valence-electron chi connectivity index (χ3n) is 5.43. The Kier molecular flexibility index (Phi) is 7.20. The van der Waals surface area contributed by atoms with E-state index >= 15 is 0 Å². The first-order valence-corrected chi connectivity index (χ1v) is 10.6. The number of amides is 1. The smallest absolute Gasteiger partial charge is 0.271 e. The molecule has 6 heteroatoms. The van der Waals surface area contributed by atoms with E-state index in [1.165, 1.54) is 28.8 Å². The largest absolute Gasteiger partial charge is 0.347 e. The number of hydrogen-bond donors (Lipinski definition) is 1. The standard InChI is InChI=1S/C23H32N4O2/c1-4-11-27-22(28)10-9-21(25-27)23(29)24-13-19-7-5-6-8-20(19)16-26-14-17(2)12-18(3)15-26/h5-10,17-18H,4,11-16H2,1-3H3,(H,24,29)/t17-,18-/m0/s1. The molecule has 0 bridgehead atoms. The van der Waals surface area contributed by atoms with Gasteiger partial charge in [-0.1, -0.05) is 45.0 Å². The molecule has 1 aromatic carbocycles. The molecule has 156 valence electrons. The molecule has 0 aliphatic carbocycles. The van der Waals surface area contributed by atoms with Crippen LogP contribution >= 0.6 is 0 Å². The normalized spacial score (nSPS) is 19.8. The maximum Gasteiger partial charge on any atom is 0.271 e. The highest BCUT2D eigenvalue weighted by Gasteiger charge is 2.22. The fraction of sp³-hybridized carbons (Fsp3) is 0.522. The number of likely N-dealkylation sites (tertiary alicyclic amines) is 1. The van der Waals surface area contributed by atoms with Crippen LogP contribution in [0.5, 0.6) is 0 Å². The van der Waals surface area contributed by atoms with Crippen molar-refractivity contribution in [2.24, 2.45) is 11.8 Å². The van der Waals surface area contributed by atoms with Gasteiger partial charge in [0.2, 0.25) is 0 Å². The maximum atomic E-state index is 12.6. The second-order valence-electron chi connectivity index (χ2n) is 8.37. The summed E-state index contributed by atoms with van der Waals surface area (Å²) in [6.07, 6.45) is 2.08. The van der Waals surface area contributed by atoms with Crippen molar-refractivity contribution < 1.29 is 4.79 Å². The molecule has 0 radical (unpaired) electrons. The molecule has 0 saturated carbocycles. The van der Waals surface area contributed by atoms with Crippen LogP contribution in [0.1, 0.15) is 55.2 Å². The molecule has 6 nitrogen and oxygen atoms in total. The van der Waals surface area contributed by atoms with Crippen LogP contribution in [0.4, 0.5) is 0 Å². The molecule has 1 amide bonds. The highest BCUT2D eigenvalue weighted by Crippen LogP contribution is 2.23. The number of aryl methyl sites for hydroxylation is 1. The number of rotatable bonds is 7. The summed E-state index contributed by atoms with van der Waals surface area (Å²) in [5.41, 5.74) is 2.46. The molecule has 1 N–H and O–H groups in total. The zero-order chi connectivity index (χ0) is 20.8. The third-order valence-corrected chi connectivity index (χ3v) is 5.43. The minimum Gasteiger partial charge on any atom is -0.347 e. The summed E-state index contributed by atoms with van der Waals surface area (Å²) in [7, 11) is 0. The molecule has 29 heavy (non-hydrogen) atoms. The predicted octanol–water partition coefficient (Wildman–Crippen LogP) is 3.06. The SMILES string of the molecule is CCCn1nc(C(=O)NCc2ccccc2CN2C[C@@H](C)C[C@H](C)C2)ccc1=O. The lowest BCUT2D eigenvalue weighted by Gasteiger charge is -2.35.